The SMILES string of the molecule is CNN[C@@H]1CCCOC1. The van der Waals surface area contributed by atoms with Crippen molar-refractivity contribution in [2.24, 2.45) is 0 Å². The third-order valence-corrected chi connectivity index (χ3v) is 1.51. The zero-order valence-corrected chi connectivity index (χ0v) is 5.81. The Morgan fingerprint density at radius 1 is 1.56 bits per heavy atom. The third-order valence-electron chi connectivity index (χ3n) is 1.51. The predicted octanol–water partition coefficient (Wildman–Crippen LogP) is -0.111. The van der Waals surface area contributed by atoms with Crippen LogP contribution in [0, 0.1) is 0 Å². The van der Waals surface area contributed by atoms with E-state index in [1.807, 2.05) is 7.05 Å². The van der Waals surface area contributed by atoms with Gasteiger partial charge in [-0.05, 0) is 19.9 Å². The number of nitrogens with one attached hydrogen (secondary N) is 2. The molecule has 0 unspecified atom stereocenters. The number of hydrazine groups is 1. The van der Waals surface area contributed by atoms with E-state index in [0.717, 1.165) is 13.2 Å². The van der Waals surface area contributed by atoms with Crippen molar-refractivity contribution < 1.29 is 4.74 Å². The summed E-state index contributed by atoms with van der Waals surface area (Å²) < 4.78 is 5.23. The summed E-state index contributed by atoms with van der Waals surface area (Å²) in [4.78, 5) is 0. The van der Waals surface area contributed by atoms with Crippen molar-refractivity contribution in [3.63, 3.8) is 0 Å². The molecule has 1 fully saturated rings. The Hall–Kier alpha value is -0.120. The summed E-state index contributed by atoms with van der Waals surface area (Å²) in [6.45, 7) is 1.78. The monoisotopic (exact) mass is 130 g/mol. The third kappa shape index (κ3) is 2.30. The molecule has 54 valence electrons. The molecule has 0 spiro atoms. The van der Waals surface area contributed by atoms with E-state index in [1.165, 1.54) is 12.8 Å². The molecule has 1 aliphatic rings. The van der Waals surface area contributed by atoms with Crippen LogP contribution in [0.3, 0.4) is 0 Å². The molecular weight excluding hydrogens is 116 g/mol. The van der Waals surface area contributed by atoms with Gasteiger partial charge < -0.3 is 4.74 Å². The second kappa shape index (κ2) is 3.82. The lowest BCUT2D eigenvalue weighted by atomic mass is 10.1. The van der Waals surface area contributed by atoms with Crippen LogP contribution in [-0.2, 0) is 4.74 Å². The molecule has 0 bridgehead atoms. The lowest BCUT2D eigenvalue weighted by Crippen LogP contribution is -2.43. The first kappa shape index (κ1) is 6.99. The quantitative estimate of drug-likeness (QED) is 0.512. The maximum atomic E-state index is 5.23. The van der Waals surface area contributed by atoms with Gasteiger partial charge in [-0.1, -0.05) is 0 Å². The van der Waals surface area contributed by atoms with Crippen LogP contribution in [0.25, 0.3) is 0 Å². The van der Waals surface area contributed by atoms with E-state index in [9.17, 15) is 0 Å². The first-order valence-corrected chi connectivity index (χ1v) is 3.43. The molecule has 0 radical (unpaired) electrons. The molecule has 0 aromatic carbocycles. The van der Waals surface area contributed by atoms with Crippen molar-refractivity contribution in [2.45, 2.75) is 18.9 Å². The molecule has 9 heavy (non-hydrogen) atoms. The Morgan fingerprint density at radius 2 is 2.44 bits per heavy atom. The smallest absolute Gasteiger partial charge is 0.0633 e. The van der Waals surface area contributed by atoms with Crippen LogP contribution in [0.4, 0.5) is 0 Å². The molecule has 0 aromatic rings. The van der Waals surface area contributed by atoms with Crippen LogP contribution in [0.15, 0.2) is 0 Å². The average molecular weight is 130 g/mol. The highest BCUT2D eigenvalue weighted by Crippen LogP contribution is 2.03. The normalized spacial score (nSPS) is 28.3. The Morgan fingerprint density at radius 3 is 3.00 bits per heavy atom. The highest BCUT2D eigenvalue weighted by Gasteiger charge is 2.11. The van der Waals surface area contributed by atoms with Crippen LogP contribution in [0.1, 0.15) is 12.8 Å². The molecule has 2 N–H and O–H groups in total. The molecule has 1 aliphatic heterocycles. The minimum atomic E-state index is 0.517. The van der Waals surface area contributed by atoms with Gasteiger partial charge in [0.15, 0.2) is 0 Å². The number of hydrogen-bond acceptors (Lipinski definition) is 3. The molecule has 1 rings (SSSR count). The standard InChI is InChI=1S/C6H14N2O/c1-7-8-6-3-2-4-9-5-6/h6-8H,2-5H2,1H3/t6-/m1/s1. The van der Waals surface area contributed by atoms with Crippen LogP contribution >= 0.6 is 0 Å². The zero-order valence-electron chi connectivity index (χ0n) is 5.81. The van der Waals surface area contributed by atoms with E-state index in [-0.39, 0.29) is 0 Å². The van der Waals surface area contributed by atoms with E-state index in [0.29, 0.717) is 6.04 Å². The summed E-state index contributed by atoms with van der Waals surface area (Å²) in [5, 5.41) is 0. The summed E-state index contributed by atoms with van der Waals surface area (Å²) >= 11 is 0. The van der Waals surface area contributed by atoms with Crippen molar-refractivity contribution in [3.8, 4) is 0 Å². The number of hydrogen-bond donors (Lipinski definition) is 2. The first-order chi connectivity index (χ1) is 4.43. The minimum Gasteiger partial charge on any atom is -0.380 e. The summed E-state index contributed by atoms with van der Waals surface area (Å²) in [5.41, 5.74) is 6.02. The molecular formula is C6H14N2O. The lowest BCUT2D eigenvalue weighted by molar-refractivity contribution is 0.0666. The van der Waals surface area contributed by atoms with Crippen LogP contribution in [0.2, 0.25) is 0 Å². The molecule has 3 heteroatoms. The van der Waals surface area contributed by atoms with Crippen LogP contribution in [-0.4, -0.2) is 26.3 Å². The van der Waals surface area contributed by atoms with Gasteiger partial charge >= 0.3 is 0 Å². The van der Waals surface area contributed by atoms with Gasteiger partial charge in [-0.15, -0.1) is 0 Å². The number of rotatable bonds is 2. The van der Waals surface area contributed by atoms with Crippen molar-refractivity contribution in [1.29, 1.82) is 0 Å². The van der Waals surface area contributed by atoms with Crippen molar-refractivity contribution in [2.75, 3.05) is 20.3 Å². The van der Waals surface area contributed by atoms with Gasteiger partial charge in [0.1, 0.15) is 0 Å². The Kier molecular flexibility index (Phi) is 2.97. The predicted molar refractivity (Wildman–Crippen MR) is 36.0 cm³/mol. The molecule has 1 saturated heterocycles. The lowest BCUT2D eigenvalue weighted by Gasteiger charge is -2.22. The molecule has 0 aliphatic carbocycles. The van der Waals surface area contributed by atoms with Crippen LogP contribution < -0.4 is 10.9 Å². The molecule has 0 amide bonds. The van der Waals surface area contributed by atoms with E-state index >= 15 is 0 Å². The second-order valence-electron chi connectivity index (χ2n) is 2.31. The summed E-state index contributed by atoms with van der Waals surface area (Å²) in [6.07, 6.45) is 2.40. The molecule has 0 aromatic heterocycles. The fraction of sp³-hybridized carbons (Fsp3) is 1.00. The van der Waals surface area contributed by atoms with Gasteiger partial charge in [0, 0.05) is 12.6 Å². The fourth-order valence-electron chi connectivity index (χ4n) is 1.06. The fourth-order valence-corrected chi connectivity index (χ4v) is 1.06. The average Bonchev–Trinajstić information content (AvgIpc) is 1.91. The van der Waals surface area contributed by atoms with Crippen molar-refractivity contribution in [3.05, 3.63) is 0 Å². The van der Waals surface area contributed by atoms with E-state index < -0.39 is 0 Å². The largest absolute Gasteiger partial charge is 0.380 e. The van der Waals surface area contributed by atoms with Gasteiger partial charge in [-0.25, -0.2) is 0 Å². The maximum absolute atomic E-state index is 5.23. The maximum Gasteiger partial charge on any atom is 0.0633 e. The molecule has 1 heterocycles. The van der Waals surface area contributed by atoms with Crippen LogP contribution in [0.5, 0.6) is 0 Å². The zero-order chi connectivity index (χ0) is 6.53. The highest BCUT2D eigenvalue weighted by atomic mass is 16.5. The Bertz CT molecular complexity index is 68.7. The Balaban J connectivity index is 2.08. The van der Waals surface area contributed by atoms with Gasteiger partial charge in [-0.3, -0.25) is 10.9 Å². The number of ether oxygens (including phenoxy) is 1. The van der Waals surface area contributed by atoms with E-state index in [2.05, 4.69) is 10.9 Å². The summed E-state index contributed by atoms with van der Waals surface area (Å²) in [6, 6.07) is 0.517. The summed E-state index contributed by atoms with van der Waals surface area (Å²) in [5.74, 6) is 0. The topological polar surface area (TPSA) is 33.3 Å². The molecule has 0 saturated carbocycles. The highest BCUT2D eigenvalue weighted by molar-refractivity contribution is 4.66. The Labute approximate surface area is 55.7 Å². The van der Waals surface area contributed by atoms with Gasteiger partial charge in [0.25, 0.3) is 0 Å². The molecule has 3 nitrogen and oxygen atoms in total. The molecule has 1 atom stereocenters. The van der Waals surface area contributed by atoms with Gasteiger partial charge in [-0.2, -0.15) is 0 Å². The summed E-state index contributed by atoms with van der Waals surface area (Å²) in [7, 11) is 1.88. The van der Waals surface area contributed by atoms with Gasteiger partial charge in [0.2, 0.25) is 0 Å². The minimum absolute atomic E-state index is 0.517. The first-order valence-electron chi connectivity index (χ1n) is 3.43. The van der Waals surface area contributed by atoms with Gasteiger partial charge in [0.05, 0.1) is 6.61 Å². The van der Waals surface area contributed by atoms with E-state index in [1.54, 1.807) is 0 Å². The van der Waals surface area contributed by atoms with Crippen molar-refractivity contribution >= 4 is 0 Å². The van der Waals surface area contributed by atoms with E-state index in [4.69, 9.17) is 4.74 Å². The van der Waals surface area contributed by atoms with Crippen molar-refractivity contribution in [1.82, 2.24) is 10.9 Å². The second-order valence-corrected chi connectivity index (χ2v) is 2.31.